The molecule has 0 saturated carbocycles. The maximum Gasteiger partial charge on any atom is 0.323 e. The van der Waals surface area contributed by atoms with Crippen LogP contribution in [0.3, 0.4) is 0 Å². The maximum absolute atomic E-state index is 14.9. The van der Waals surface area contributed by atoms with Gasteiger partial charge in [-0.25, -0.2) is 14.2 Å². The minimum atomic E-state index is -0.876. The van der Waals surface area contributed by atoms with E-state index in [1.807, 2.05) is 0 Å². The topological polar surface area (TPSA) is 104 Å². The lowest BCUT2D eigenvalue weighted by atomic mass is 10.1. The van der Waals surface area contributed by atoms with Crippen LogP contribution in [0.4, 0.5) is 26.4 Å². The number of ether oxygens (including phenoxy) is 1. The molecule has 9 nitrogen and oxygen atoms in total. The Hall–Kier alpha value is -3.24. The van der Waals surface area contributed by atoms with E-state index in [1.54, 1.807) is 23.1 Å². The van der Waals surface area contributed by atoms with Crippen molar-refractivity contribution in [3.8, 4) is 0 Å². The Bertz CT molecular complexity index is 1100. The zero-order valence-electron chi connectivity index (χ0n) is 19.3. The first-order valence-electron chi connectivity index (χ1n) is 11.5. The summed E-state index contributed by atoms with van der Waals surface area (Å²) in [5.74, 6) is -0.951. The van der Waals surface area contributed by atoms with Crippen LogP contribution in [0.5, 0.6) is 0 Å². The van der Waals surface area contributed by atoms with E-state index in [-0.39, 0.29) is 36.5 Å². The Balaban J connectivity index is 1.46. The van der Waals surface area contributed by atoms with Gasteiger partial charge in [0.15, 0.2) is 0 Å². The molecule has 2 atom stereocenters. The lowest BCUT2D eigenvalue weighted by molar-refractivity contribution is -0.120. The van der Waals surface area contributed by atoms with Crippen LogP contribution in [0, 0.1) is 5.82 Å². The number of likely N-dealkylation sites (tertiary alicyclic amines) is 1. The SMILES string of the molecule is CO[C@@H]1C[C@H](C(=O)Nc2ccc(N3CCCCCC3=O)cc2F)N(C(=O)Nc2ccc(Cl)cn2)C1. The molecule has 2 aliphatic rings. The van der Waals surface area contributed by atoms with Gasteiger partial charge in [-0.3, -0.25) is 14.9 Å². The molecule has 0 bridgehead atoms. The number of hydrogen-bond acceptors (Lipinski definition) is 5. The minimum Gasteiger partial charge on any atom is -0.380 e. The number of pyridine rings is 1. The number of amides is 4. The van der Waals surface area contributed by atoms with E-state index < -0.39 is 23.8 Å². The van der Waals surface area contributed by atoms with E-state index in [1.165, 1.54) is 30.3 Å². The molecule has 0 unspecified atom stereocenters. The molecule has 2 saturated heterocycles. The van der Waals surface area contributed by atoms with E-state index in [4.69, 9.17) is 16.3 Å². The van der Waals surface area contributed by atoms with Gasteiger partial charge < -0.3 is 19.9 Å². The number of hydrogen-bond donors (Lipinski definition) is 2. The van der Waals surface area contributed by atoms with Gasteiger partial charge in [0.1, 0.15) is 17.7 Å². The zero-order chi connectivity index (χ0) is 24.9. The van der Waals surface area contributed by atoms with Gasteiger partial charge in [-0.05, 0) is 43.2 Å². The van der Waals surface area contributed by atoms with Gasteiger partial charge >= 0.3 is 6.03 Å². The highest BCUT2D eigenvalue weighted by Gasteiger charge is 2.40. The highest BCUT2D eigenvalue weighted by atomic mass is 35.5. The molecule has 4 rings (SSSR count). The number of rotatable bonds is 5. The first-order chi connectivity index (χ1) is 16.9. The van der Waals surface area contributed by atoms with E-state index in [0.717, 1.165) is 19.3 Å². The molecule has 1 aromatic carbocycles. The van der Waals surface area contributed by atoms with Crippen molar-refractivity contribution in [2.24, 2.45) is 0 Å². The number of urea groups is 1. The molecule has 4 amide bonds. The number of anilines is 3. The fourth-order valence-electron chi connectivity index (χ4n) is 4.32. The summed E-state index contributed by atoms with van der Waals surface area (Å²) >= 11 is 5.83. The highest BCUT2D eigenvalue weighted by Crippen LogP contribution is 2.27. The van der Waals surface area contributed by atoms with Gasteiger partial charge in [-0.2, -0.15) is 0 Å². The monoisotopic (exact) mass is 503 g/mol. The number of halogens is 2. The van der Waals surface area contributed by atoms with Crippen molar-refractivity contribution in [1.82, 2.24) is 9.88 Å². The molecule has 186 valence electrons. The van der Waals surface area contributed by atoms with E-state index in [9.17, 15) is 18.8 Å². The predicted molar refractivity (Wildman–Crippen MR) is 130 cm³/mol. The number of nitrogens with zero attached hydrogens (tertiary/aromatic N) is 3. The predicted octanol–water partition coefficient (Wildman–Crippen LogP) is 4.04. The summed E-state index contributed by atoms with van der Waals surface area (Å²) in [6.07, 6.45) is 4.38. The summed E-state index contributed by atoms with van der Waals surface area (Å²) in [6, 6.07) is 6.03. The fraction of sp³-hybridized carbons (Fsp3) is 0.417. The Labute approximate surface area is 207 Å². The van der Waals surface area contributed by atoms with Crippen LogP contribution in [0.15, 0.2) is 36.5 Å². The molecule has 2 fully saturated rings. The third-order valence-corrected chi connectivity index (χ3v) is 6.44. The van der Waals surface area contributed by atoms with Crippen molar-refractivity contribution in [2.75, 3.05) is 35.7 Å². The number of aromatic nitrogens is 1. The third kappa shape index (κ3) is 5.88. The Morgan fingerprint density at radius 1 is 1.17 bits per heavy atom. The number of benzene rings is 1. The first-order valence-corrected chi connectivity index (χ1v) is 11.9. The van der Waals surface area contributed by atoms with E-state index >= 15 is 0 Å². The van der Waals surface area contributed by atoms with Crippen molar-refractivity contribution in [3.05, 3.63) is 47.4 Å². The summed E-state index contributed by atoms with van der Waals surface area (Å²) in [6.45, 7) is 0.726. The molecular formula is C24H27ClFN5O4. The normalized spacial score (nSPS) is 20.5. The quantitative estimate of drug-likeness (QED) is 0.641. The van der Waals surface area contributed by atoms with Crippen LogP contribution in [0.1, 0.15) is 32.1 Å². The smallest absolute Gasteiger partial charge is 0.323 e. The van der Waals surface area contributed by atoms with Crippen molar-refractivity contribution >= 4 is 46.6 Å². The molecule has 2 aliphatic heterocycles. The van der Waals surface area contributed by atoms with E-state index in [2.05, 4.69) is 15.6 Å². The lowest BCUT2D eigenvalue weighted by Crippen LogP contribution is -2.45. The maximum atomic E-state index is 14.9. The van der Waals surface area contributed by atoms with Crippen molar-refractivity contribution in [1.29, 1.82) is 0 Å². The molecule has 0 spiro atoms. The molecule has 1 aromatic heterocycles. The third-order valence-electron chi connectivity index (χ3n) is 6.22. The zero-order valence-corrected chi connectivity index (χ0v) is 20.1. The Kier molecular flexibility index (Phi) is 7.82. The average Bonchev–Trinajstić information content (AvgIpc) is 3.18. The molecular weight excluding hydrogens is 477 g/mol. The standard InChI is InChI=1S/C24H27ClFN5O4/c1-35-17-12-20(31(14-17)24(34)29-21-9-6-15(25)13-27-21)23(33)28-19-8-7-16(11-18(19)26)30-10-4-2-3-5-22(30)32/h6-9,11,13,17,20H,2-5,10,12,14H2,1H3,(H,28,33)(H,27,29,34)/t17-,20-/m1/s1. The van der Waals surface area contributed by atoms with Crippen molar-refractivity contribution in [2.45, 2.75) is 44.2 Å². The van der Waals surface area contributed by atoms with Crippen LogP contribution >= 0.6 is 11.6 Å². The summed E-state index contributed by atoms with van der Waals surface area (Å²) < 4.78 is 20.3. The van der Waals surface area contributed by atoms with E-state index in [0.29, 0.717) is 23.7 Å². The largest absolute Gasteiger partial charge is 0.380 e. The van der Waals surface area contributed by atoms with Crippen LogP contribution in [0.25, 0.3) is 0 Å². The molecule has 0 aliphatic carbocycles. The van der Waals surface area contributed by atoms with Crippen LogP contribution in [0.2, 0.25) is 5.02 Å². The molecule has 11 heteroatoms. The second kappa shape index (κ2) is 11.0. The molecule has 3 heterocycles. The van der Waals surface area contributed by atoms with Crippen molar-refractivity contribution in [3.63, 3.8) is 0 Å². The van der Waals surface area contributed by atoms with Gasteiger partial charge in [0.25, 0.3) is 0 Å². The first kappa shape index (κ1) is 24.9. The molecule has 0 radical (unpaired) electrons. The summed E-state index contributed by atoms with van der Waals surface area (Å²) in [7, 11) is 1.50. The Morgan fingerprint density at radius 2 is 2.00 bits per heavy atom. The highest BCUT2D eigenvalue weighted by molar-refractivity contribution is 6.30. The summed E-state index contributed by atoms with van der Waals surface area (Å²) in [5.41, 5.74) is 0.436. The fourth-order valence-corrected chi connectivity index (χ4v) is 4.43. The summed E-state index contributed by atoms with van der Waals surface area (Å²) in [4.78, 5) is 45.2. The number of carbonyl (C=O) groups excluding carboxylic acids is 3. The van der Waals surface area contributed by atoms with Gasteiger partial charge in [0, 0.05) is 44.9 Å². The van der Waals surface area contributed by atoms with Gasteiger partial charge in [0.2, 0.25) is 11.8 Å². The second-order valence-corrected chi connectivity index (χ2v) is 9.00. The molecule has 2 aromatic rings. The number of methoxy groups -OCH3 is 1. The van der Waals surface area contributed by atoms with Crippen LogP contribution in [-0.2, 0) is 14.3 Å². The Morgan fingerprint density at radius 3 is 2.71 bits per heavy atom. The van der Waals surface area contributed by atoms with Crippen molar-refractivity contribution < 1.29 is 23.5 Å². The van der Waals surface area contributed by atoms with Gasteiger partial charge in [-0.15, -0.1) is 0 Å². The summed E-state index contributed by atoms with van der Waals surface area (Å²) in [5, 5.41) is 5.64. The minimum absolute atomic E-state index is 0.0263. The van der Waals surface area contributed by atoms with Crippen LogP contribution < -0.4 is 15.5 Å². The second-order valence-electron chi connectivity index (χ2n) is 8.56. The molecule has 2 N–H and O–H groups in total. The number of nitrogens with one attached hydrogen (secondary N) is 2. The lowest BCUT2D eigenvalue weighted by Gasteiger charge is -2.24. The van der Waals surface area contributed by atoms with Gasteiger partial charge in [0.05, 0.1) is 16.8 Å². The molecule has 35 heavy (non-hydrogen) atoms. The van der Waals surface area contributed by atoms with Crippen LogP contribution in [-0.4, -0.2) is 60.1 Å². The number of carbonyl (C=O) groups is 3. The average molecular weight is 504 g/mol. The van der Waals surface area contributed by atoms with Gasteiger partial charge in [-0.1, -0.05) is 18.0 Å².